The van der Waals surface area contributed by atoms with Gasteiger partial charge in [0, 0.05) is 37.6 Å². The second kappa shape index (κ2) is 14.8. The van der Waals surface area contributed by atoms with E-state index in [0.29, 0.717) is 24.2 Å². The van der Waals surface area contributed by atoms with Crippen LogP contribution in [0.1, 0.15) is 53.8 Å². The number of halogens is 6. The Morgan fingerprint density at radius 3 is 2.16 bits per heavy atom. The van der Waals surface area contributed by atoms with Crippen molar-refractivity contribution in [1.82, 2.24) is 29.4 Å². The molecule has 0 unspecified atom stereocenters. The Hall–Kier alpha value is -4.77. The third-order valence-corrected chi connectivity index (χ3v) is 6.83. The molecule has 0 aromatic carbocycles. The van der Waals surface area contributed by atoms with Crippen molar-refractivity contribution in [1.29, 1.82) is 0 Å². The van der Waals surface area contributed by atoms with E-state index in [0.717, 1.165) is 48.5 Å². The van der Waals surface area contributed by atoms with Crippen LogP contribution in [0.4, 0.5) is 32.3 Å². The van der Waals surface area contributed by atoms with Gasteiger partial charge in [-0.05, 0) is 31.4 Å². The van der Waals surface area contributed by atoms with Gasteiger partial charge in [-0.3, -0.25) is 9.78 Å². The monoisotopic (exact) mass is 645 g/mol. The summed E-state index contributed by atoms with van der Waals surface area (Å²) >= 11 is 0. The van der Waals surface area contributed by atoms with Crippen molar-refractivity contribution in [2.75, 3.05) is 12.4 Å². The number of carbonyl (C=O) groups excluding carboxylic acids is 1. The largest absolute Gasteiger partial charge is 0.490 e. The van der Waals surface area contributed by atoms with Crippen LogP contribution in [0.25, 0.3) is 11.4 Å². The molecule has 0 saturated heterocycles. The third kappa shape index (κ3) is 9.61. The van der Waals surface area contributed by atoms with Crippen molar-refractivity contribution in [2.24, 2.45) is 0 Å². The van der Waals surface area contributed by atoms with Crippen molar-refractivity contribution in [3.63, 3.8) is 0 Å². The van der Waals surface area contributed by atoms with Crippen LogP contribution in [0.15, 0.2) is 36.9 Å². The Balaban J connectivity index is 0.000000331. The first-order valence-electron chi connectivity index (χ1n) is 13.5. The van der Waals surface area contributed by atoms with Crippen LogP contribution in [0.2, 0.25) is 0 Å². The molecule has 3 N–H and O–H groups in total. The first-order valence-corrected chi connectivity index (χ1v) is 13.5. The van der Waals surface area contributed by atoms with E-state index < -0.39 is 24.3 Å². The number of amides is 1. The molecule has 1 aliphatic heterocycles. The van der Waals surface area contributed by atoms with E-state index in [4.69, 9.17) is 24.8 Å². The molecule has 2 aliphatic rings. The maximum atomic E-state index is 13.4. The molecule has 0 atom stereocenters. The third-order valence-electron chi connectivity index (χ3n) is 6.83. The molecule has 18 heteroatoms. The quantitative estimate of drug-likeness (QED) is 0.335. The summed E-state index contributed by atoms with van der Waals surface area (Å²) in [6.45, 7) is 1.31. The van der Waals surface area contributed by atoms with Gasteiger partial charge in [-0.1, -0.05) is 25.3 Å². The second-order valence-corrected chi connectivity index (χ2v) is 9.94. The van der Waals surface area contributed by atoms with E-state index in [1.165, 1.54) is 19.3 Å². The van der Waals surface area contributed by atoms with E-state index in [1.54, 1.807) is 12.5 Å². The highest BCUT2D eigenvalue weighted by Gasteiger charge is 2.39. The fraction of sp³-hybridized carbons (Fsp3) is 0.444. The number of aliphatic carboxylic acids is 2. The van der Waals surface area contributed by atoms with Crippen molar-refractivity contribution in [2.45, 2.75) is 70.0 Å². The van der Waals surface area contributed by atoms with Gasteiger partial charge in [0.15, 0.2) is 5.69 Å². The van der Waals surface area contributed by atoms with Gasteiger partial charge in [0.2, 0.25) is 5.95 Å². The summed E-state index contributed by atoms with van der Waals surface area (Å²) in [5, 5.41) is 17.5. The minimum Gasteiger partial charge on any atom is -0.475 e. The Kier molecular flexibility index (Phi) is 11.4. The Labute approximate surface area is 252 Å². The number of pyridine rings is 1. The molecular formula is C27H29F6N7O5. The number of aromatic nitrogens is 5. The number of nitrogens with one attached hydrogen (secondary N) is 1. The second-order valence-electron chi connectivity index (χ2n) is 9.94. The average molecular weight is 646 g/mol. The predicted molar refractivity (Wildman–Crippen MR) is 145 cm³/mol. The Morgan fingerprint density at radius 2 is 1.60 bits per heavy atom. The predicted octanol–water partition coefficient (Wildman–Crippen LogP) is 4.57. The lowest BCUT2D eigenvalue weighted by molar-refractivity contribution is -0.193. The summed E-state index contributed by atoms with van der Waals surface area (Å²) in [6, 6.07) is 6.10. The molecule has 4 heterocycles. The lowest BCUT2D eigenvalue weighted by atomic mass is 9.94. The van der Waals surface area contributed by atoms with Gasteiger partial charge < -0.3 is 25.0 Å². The number of rotatable bonds is 5. The summed E-state index contributed by atoms with van der Waals surface area (Å²) in [7, 11) is 1.91. The molecule has 1 amide bonds. The number of carboxylic acids is 2. The van der Waals surface area contributed by atoms with Crippen LogP contribution < -0.4 is 5.32 Å². The van der Waals surface area contributed by atoms with Crippen molar-refractivity contribution < 1.29 is 50.9 Å². The van der Waals surface area contributed by atoms with Gasteiger partial charge in [-0.2, -0.15) is 26.3 Å². The molecule has 0 radical (unpaired) electrons. The number of hydrogen-bond donors (Lipinski definition) is 3. The molecule has 45 heavy (non-hydrogen) atoms. The van der Waals surface area contributed by atoms with Gasteiger partial charge >= 0.3 is 24.3 Å². The topological polar surface area (TPSA) is 163 Å². The van der Waals surface area contributed by atoms with Gasteiger partial charge in [0.1, 0.15) is 5.69 Å². The van der Waals surface area contributed by atoms with Crippen LogP contribution in [0, 0.1) is 0 Å². The fourth-order valence-electron chi connectivity index (χ4n) is 4.55. The number of anilines is 1. The molecule has 12 nitrogen and oxygen atoms in total. The van der Waals surface area contributed by atoms with Crippen molar-refractivity contribution >= 4 is 23.8 Å². The lowest BCUT2D eigenvalue weighted by Gasteiger charge is -2.31. The van der Waals surface area contributed by atoms with E-state index in [-0.39, 0.29) is 5.91 Å². The zero-order chi connectivity index (χ0) is 33.4. The maximum absolute atomic E-state index is 13.4. The molecule has 1 saturated carbocycles. The number of hydrogen-bond acceptors (Lipinski definition) is 8. The van der Waals surface area contributed by atoms with Gasteiger partial charge in [0.25, 0.3) is 5.91 Å². The van der Waals surface area contributed by atoms with Crippen LogP contribution >= 0.6 is 0 Å². The normalized spacial score (nSPS) is 14.4. The number of carbonyl (C=O) groups is 3. The van der Waals surface area contributed by atoms with Crippen LogP contribution in [-0.2, 0) is 29.1 Å². The van der Waals surface area contributed by atoms with Gasteiger partial charge in [-0.25, -0.2) is 24.5 Å². The summed E-state index contributed by atoms with van der Waals surface area (Å²) < 4.78 is 65.5. The SMILES string of the molecule is CN(C(=O)c1ncn2c1-c1nc(NCc3ccccn3)ncc1CC2)C1CCCCC1.O=C(O)C(F)(F)F.O=C(O)C(F)(F)F. The van der Waals surface area contributed by atoms with Gasteiger partial charge in [-0.15, -0.1) is 0 Å². The highest BCUT2D eigenvalue weighted by Crippen LogP contribution is 2.32. The number of carboxylic acid groups (broad SMARTS) is 2. The molecule has 3 aromatic heterocycles. The molecule has 244 valence electrons. The highest BCUT2D eigenvalue weighted by atomic mass is 19.4. The molecule has 3 aromatic rings. The van der Waals surface area contributed by atoms with E-state index in [1.807, 2.05) is 40.9 Å². The molecule has 1 fully saturated rings. The summed E-state index contributed by atoms with van der Waals surface area (Å²) in [5.74, 6) is -5.01. The highest BCUT2D eigenvalue weighted by molar-refractivity contribution is 5.98. The molecule has 0 spiro atoms. The molecule has 5 rings (SSSR count). The first-order chi connectivity index (χ1) is 21.1. The minimum absolute atomic E-state index is 0.0184. The number of alkyl halides is 6. The van der Waals surface area contributed by atoms with Crippen LogP contribution in [0.3, 0.4) is 0 Å². The maximum Gasteiger partial charge on any atom is 0.490 e. The van der Waals surface area contributed by atoms with Crippen LogP contribution in [-0.4, -0.2) is 82.9 Å². The lowest BCUT2D eigenvalue weighted by Crippen LogP contribution is -2.38. The van der Waals surface area contributed by atoms with Gasteiger partial charge in [0.05, 0.1) is 24.3 Å². The Bertz CT molecular complexity index is 1450. The zero-order valence-corrected chi connectivity index (χ0v) is 23.8. The molecule has 0 bridgehead atoms. The number of nitrogens with zero attached hydrogens (tertiary/aromatic N) is 6. The van der Waals surface area contributed by atoms with Crippen LogP contribution in [0.5, 0.6) is 0 Å². The molecule has 1 aliphatic carbocycles. The number of imidazole rings is 1. The first kappa shape index (κ1) is 34.7. The standard InChI is InChI=1S/C23H27N7O.2C2HF3O2/c1-29(18-8-3-2-4-9-18)22(31)20-21-19-16(10-12-30(21)15-27-20)13-25-23(28-19)26-14-17-7-5-6-11-24-17;2*3-2(4,5)1(6)7/h5-7,11,13,15,18H,2-4,8-10,12,14H2,1H3,(H,25,26,28);2*(H,6,7). The molecular weight excluding hydrogens is 616 g/mol. The van der Waals surface area contributed by atoms with Crippen molar-refractivity contribution in [3.8, 4) is 11.4 Å². The number of aryl methyl sites for hydroxylation is 2. The summed E-state index contributed by atoms with van der Waals surface area (Å²) in [4.78, 5) is 51.1. The smallest absolute Gasteiger partial charge is 0.475 e. The van der Waals surface area contributed by atoms with E-state index in [9.17, 15) is 31.1 Å². The van der Waals surface area contributed by atoms with Crippen molar-refractivity contribution in [3.05, 3.63) is 53.9 Å². The zero-order valence-electron chi connectivity index (χ0n) is 23.8. The Morgan fingerprint density at radius 1 is 0.978 bits per heavy atom. The number of fused-ring (bicyclic) bond motifs is 3. The average Bonchev–Trinajstić information content (AvgIpc) is 3.45. The summed E-state index contributed by atoms with van der Waals surface area (Å²) in [5.41, 5.74) is 4.05. The van der Waals surface area contributed by atoms with E-state index in [2.05, 4.69) is 20.3 Å². The van der Waals surface area contributed by atoms with E-state index >= 15 is 0 Å². The summed E-state index contributed by atoms with van der Waals surface area (Å²) in [6.07, 6.45) is 1.82. The fourth-order valence-corrected chi connectivity index (χ4v) is 4.55. The minimum atomic E-state index is -5.08.